The molecule has 2 aromatic rings. The average molecular weight is 305 g/mol. The third-order valence-electron chi connectivity index (χ3n) is 4.12. The summed E-state index contributed by atoms with van der Waals surface area (Å²) in [6.45, 7) is 4.12. The quantitative estimate of drug-likeness (QED) is 0.921. The van der Waals surface area contributed by atoms with Gasteiger partial charge in [-0.25, -0.2) is 13.1 Å². The summed E-state index contributed by atoms with van der Waals surface area (Å²) in [5.41, 5.74) is 10.2. The molecule has 1 fully saturated rings. The summed E-state index contributed by atoms with van der Waals surface area (Å²) in [4.78, 5) is 0. The zero-order chi connectivity index (χ0) is 15.2. The number of sulfone groups is 1. The number of hydrogen-bond donors (Lipinski definition) is 1. The van der Waals surface area contributed by atoms with E-state index >= 15 is 0 Å². The Morgan fingerprint density at radius 1 is 1.24 bits per heavy atom. The molecule has 0 aliphatic carbocycles. The Hall–Kier alpha value is -1.82. The van der Waals surface area contributed by atoms with Gasteiger partial charge in [-0.3, -0.25) is 0 Å². The first-order valence-corrected chi connectivity index (χ1v) is 8.81. The normalized spacial score (nSPS) is 20.8. The second-order valence-corrected chi connectivity index (χ2v) is 7.98. The molecule has 112 valence electrons. The first-order chi connectivity index (χ1) is 9.85. The number of nitrogens with zero attached hydrogens (tertiary/aromatic N) is 2. The first kappa shape index (κ1) is 14.1. The molecule has 1 aromatic heterocycles. The van der Waals surface area contributed by atoms with E-state index in [4.69, 9.17) is 5.73 Å². The lowest BCUT2D eigenvalue weighted by Crippen LogP contribution is -2.14. The second-order valence-electron chi connectivity index (χ2n) is 5.75. The zero-order valence-corrected chi connectivity index (χ0v) is 13.0. The molecule has 2 heterocycles. The number of benzene rings is 1. The van der Waals surface area contributed by atoms with Crippen molar-refractivity contribution >= 4 is 15.7 Å². The summed E-state index contributed by atoms with van der Waals surface area (Å²) >= 11 is 0. The lowest BCUT2D eigenvalue weighted by molar-refractivity contribution is 0.508. The molecule has 0 radical (unpaired) electrons. The Kier molecular flexibility index (Phi) is 3.28. The van der Waals surface area contributed by atoms with E-state index in [2.05, 4.69) is 31.1 Å². The maximum absolute atomic E-state index is 11.6. The van der Waals surface area contributed by atoms with Crippen LogP contribution in [0.5, 0.6) is 0 Å². The Labute approximate surface area is 124 Å². The van der Waals surface area contributed by atoms with E-state index in [1.54, 1.807) is 4.68 Å². The van der Waals surface area contributed by atoms with Crippen molar-refractivity contribution in [3.05, 3.63) is 35.4 Å². The van der Waals surface area contributed by atoms with Crippen molar-refractivity contribution in [3.63, 3.8) is 0 Å². The Morgan fingerprint density at radius 2 is 2.00 bits per heavy atom. The van der Waals surface area contributed by atoms with Gasteiger partial charge in [0.1, 0.15) is 5.82 Å². The number of anilines is 1. The van der Waals surface area contributed by atoms with Crippen LogP contribution >= 0.6 is 0 Å². The van der Waals surface area contributed by atoms with Crippen LogP contribution in [-0.2, 0) is 9.84 Å². The number of aromatic nitrogens is 2. The number of rotatable bonds is 2. The molecule has 1 aliphatic rings. The molecule has 2 N–H and O–H groups in total. The summed E-state index contributed by atoms with van der Waals surface area (Å²) in [7, 11) is -2.94. The van der Waals surface area contributed by atoms with Gasteiger partial charge in [-0.1, -0.05) is 12.1 Å². The van der Waals surface area contributed by atoms with Crippen molar-refractivity contribution in [1.29, 1.82) is 0 Å². The van der Waals surface area contributed by atoms with Crippen LogP contribution in [0.25, 0.3) is 11.3 Å². The average Bonchev–Trinajstić information content (AvgIpc) is 2.95. The highest BCUT2D eigenvalue weighted by atomic mass is 32.2. The third kappa shape index (κ3) is 2.68. The van der Waals surface area contributed by atoms with Crippen molar-refractivity contribution in [2.24, 2.45) is 0 Å². The van der Waals surface area contributed by atoms with Crippen LogP contribution in [0.15, 0.2) is 24.3 Å². The molecular formula is C15H19N3O2S. The topological polar surface area (TPSA) is 78.0 Å². The third-order valence-corrected chi connectivity index (χ3v) is 5.87. The first-order valence-electron chi connectivity index (χ1n) is 6.99. The van der Waals surface area contributed by atoms with Gasteiger partial charge >= 0.3 is 0 Å². The Bertz CT molecular complexity index is 793. The Balaban J connectivity index is 1.96. The van der Waals surface area contributed by atoms with Crippen molar-refractivity contribution in [1.82, 2.24) is 9.78 Å². The van der Waals surface area contributed by atoms with Crippen LogP contribution < -0.4 is 5.73 Å². The summed E-state index contributed by atoms with van der Waals surface area (Å²) in [5.74, 6) is 0.867. The number of aryl methyl sites for hydroxylation is 2. The Morgan fingerprint density at radius 3 is 2.62 bits per heavy atom. The van der Waals surface area contributed by atoms with Crippen LogP contribution in [0, 0.1) is 13.8 Å². The molecule has 0 amide bonds. The van der Waals surface area contributed by atoms with Crippen LogP contribution in [-0.4, -0.2) is 29.7 Å². The van der Waals surface area contributed by atoms with Gasteiger partial charge in [-0.15, -0.1) is 0 Å². The molecule has 1 aromatic carbocycles. The number of nitrogen functional groups attached to an aromatic ring is 1. The lowest BCUT2D eigenvalue weighted by atomic mass is 10.0. The fourth-order valence-electron chi connectivity index (χ4n) is 2.71. The van der Waals surface area contributed by atoms with Gasteiger partial charge in [0, 0.05) is 11.6 Å². The summed E-state index contributed by atoms with van der Waals surface area (Å²) in [5, 5.41) is 4.53. The zero-order valence-electron chi connectivity index (χ0n) is 12.2. The highest BCUT2D eigenvalue weighted by Gasteiger charge is 2.31. The van der Waals surface area contributed by atoms with Crippen molar-refractivity contribution in [3.8, 4) is 11.3 Å². The molecule has 1 atom stereocenters. The minimum atomic E-state index is -2.94. The minimum absolute atomic E-state index is 0.130. The maximum Gasteiger partial charge on any atom is 0.152 e. The maximum atomic E-state index is 11.6. The van der Waals surface area contributed by atoms with Gasteiger partial charge in [-0.05, 0) is 37.5 Å². The molecule has 0 bridgehead atoms. The summed E-state index contributed by atoms with van der Waals surface area (Å²) < 4.78 is 24.9. The van der Waals surface area contributed by atoms with E-state index in [0.717, 1.165) is 11.3 Å². The molecule has 0 spiro atoms. The molecular weight excluding hydrogens is 286 g/mol. The van der Waals surface area contributed by atoms with Crippen LogP contribution in [0.2, 0.25) is 0 Å². The van der Waals surface area contributed by atoms with Gasteiger partial charge in [0.05, 0.1) is 23.2 Å². The monoisotopic (exact) mass is 305 g/mol. The predicted molar refractivity (Wildman–Crippen MR) is 83.9 cm³/mol. The molecule has 3 rings (SSSR count). The fourth-order valence-corrected chi connectivity index (χ4v) is 4.40. The van der Waals surface area contributed by atoms with Gasteiger partial charge in [0.2, 0.25) is 0 Å². The standard InChI is InChI=1S/C15H19N3O2S/c1-10-3-4-12(7-11(10)2)14-8-15(16)18(17-14)13-5-6-21(19,20)9-13/h3-4,7-8,13H,5-6,9,16H2,1-2H3/t13-/m0/s1. The highest BCUT2D eigenvalue weighted by Crippen LogP contribution is 2.29. The fraction of sp³-hybridized carbons (Fsp3) is 0.400. The molecule has 1 aliphatic heterocycles. The van der Waals surface area contributed by atoms with E-state index in [9.17, 15) is 8.42 Å². The second kappa shape index (κ2) is 4.87. The van der Waals surface area contributed by atoms with E-state index < -0.39 is 9.84 Å². The minimum Gasteiger partial charge on any atom is -0.384 e. The van der Waals surface area contributed by atoms with E-state index in [-0.39, 0.29) is 17.5 Å². The lowest BCUT2D eigenvalue weighted by Gasteiger charge is -2.10. The molecule has 1 saturated heterocycles. The van der Waals surface area contributed by atoms with Crippen molar-refractivity contribution in [2.45, 2.75) is 26.3 Å². The van der Waals surface area contributed by atoms with Gasteiger partial charge < -0.3 is 5.73 Å². The molecule has 0 saturated carbocycles. The van der Waals surface area contributed by atoms with Gasteiger partial charge in [-0.2, -0.15) is 5.10 Å². The number of hydrogen-bond acceptors (Lipinski definition) is 4. The molecule has 5 nitrogen and oxygen atoms in total. The van der Waals surface area contributed by atoms with Crippen LogP contribution in [0.4, 0.5) is 5.82 Å². The summed E-state index contributed by atoms with van der Waals surface area (Å²) in [6.07, 6.45) is 0.584. The molecule has 21 heavy (non-hydrogen) atoms. The largest absolute Gasteiger partial charge is 0.384 e. The van der Waals surface area contributed by atoms with Crippen LogP contribution in [0.1, 0.15) is 23.6 Å². The van der Waals surface area contributed by atoms with Crippen LogP contribution in [0.3, 0.4) is 0 Å². The molecule has 0 unspecified atom stereocenters. The molecule has 6 heteroatoms. The van der Waals surface area contributed by atoms with E-state index in [1.165, 1.54) is 11.1 Å². The van der Waals surface area contributed by atoms with Gasteiger partial charge in [0.15, 0.2) is 9.84 Å². The van der Waals surface area contributed by atoms with E-state index in [1.807, 2.05) is 12.1 Å². The van der Waals surface area contributed by atoms with Gasteiger partial charge in [0.25, 0.3) is 0 Å². The SMILES string of the molecule is Cc1ccc(-c2cc(N)n([C@H]3CCS(=O)(=O)C3)n2)cc1C. The summed E-state index contributed by atoms with van der Waals surface area (Å²) in [6, 6.07) is 7.82. The van der Waals surface area contributed by atoms with E-state index in [0.29, 0.717) is 12.2 Å². The highest BCUT2D eigenvalue weighted by molar-refractivity contribution is 7.91. The predicted octanol–water partition coefficient (Wildman–Crippen LogP) is 2.11. The van der Waals surface area contributed by atoms with Crippen molar-refractivity contribution in [2.75, 3.05) is 17.2 Å². The smallest absolute Gasteiger partial charge is 0.152 e. The number of nitrogens with two attached hydrogens (primary N) is 1. The van der Waals surface area contributed by atoms with Crippen molar-refractivity contribution < 1.29 is 8.42 Å².